The molecule has 0 aliphatic heterocycles. The number of hydrogen-bond acceptors (Lipinski definition) is 6. The number of nitrogens with one attached hydrogen (secondary N) is 1. The molecule has 0 spiro atoms. The minimum atomic E-state index is -0.772. The summed E-state index contributed by atoms with van der Waals surface area (Å²) >= 11 is 0. The number of benzene rings is 2. The summed E-state index contributed by atoms with van der Waals surface area (Å²) in [5.74, 6) is -1.77. The number of nitriles is 1. The molecule has 29 heavy (non-hydrogen) atoms. The molecule has 2 rings (SSSR count). The first-order chi connectivity index (χ1) is 13.9. The van der Waals surface area contributed by atoms with Crippen molar-refractivity contribution in [2.75, 3.05) is 22.6 Å². The Morgan fingerprint density at radius 3 is 2.41 bits per heavy atom. The molecule has 8 nitrogen and oxygen atoms in total. The molecule has 8 heteroatoms. The molecule has 0 radical (unpaired) electrons. The van der Waals surface area contributed by atoms with Crippen LogP contribution in [0.3, 0.4) is 0 Å². The largest absolute Gasteiger partial charge is 0.462 e. The number of ether oxygens (including phenoxy) is 1. The SMILES string of the molecule is CCOC(=O)c1ccccc1NC(=O)/C(C#N)=C\N(C(C)=O)c1ccc(N)cc1. The lowest BCUT2D eigenvalue weighted by Crippen LogP contribution is -2.25. The number of carbonyl (C=O) groups is 3. The van der Waals surface area contributed by atoms with Crippen molar-refractivity contribution in [3.63, 3.8) is 0 Å². The van der Waals surface area contributed by atoms with E-state index in [1.807, 2.05) is 0 Å². The average molecular weight is 392 g/mol. The third kappa shape index (κ3) is 5.43. The summed E-state index contributed by atoms with van der Waals surface area (Å²) in [6.07, 6.45) is 1.14. The smallest absolute Gasteiger partial charge is 0.340 e. The van der Waals surface area contributed by atoms with Crippen LogP contribution in [-0.2, 0) is 14.3 Å². The van der Waals surface area contributed by atoms with Crippen LogP contribution in [0.15, 0.2) is 60.3 Å². The molecule has 148 valence electrons. The van der Waals surface area contributed by atoms with Crippen LogP contribution in [-0.4, -0.2) is 24.4 Å². The quantitative estimate of drug-likeness (QED) is 0.337. The number of amides is 2. The van der Waals surface area contributed by atoms with E-state index in [2.05, 4.69) is 5.32 Å². The molecule has 0 aliphatic carbocycles. The van der Waals surface area contributed by atoms with Crippen LogP contribution in [0.1, 0.15) is 24.2 Å². The summed E-state index contributed by atoms with van der Waals surface area (Å²) in [6, 6.07) is 14.4. The second-order valence-electron chi connectivity index (χ2n) is 5.86. The van der Waals surface area contributed by atoms with Crippen molar-refractivity contribution in [1.29, 1.82) is 5.26 Å². The lowest BCUT2D eigenvalue weighted by atomic mass is 10.1. The van der Waals surface area contributed by atoms with Gasteiger partial charge in [-0.15, -0.1) is 0 Å². The molecule has 0 saturated carbocycles. The van der Waals surface area contributed by atoms with E-state index in [0.717, 1.165) is 11.1 Å². The second-order valence-corrected chi connectivity index (χ2v) is 5.86. The van der Waals surface area contributed by atoms with Crippen LogP contribution in [0.2, 0.25) is 0 Å². The molecular weight excluding hydrogens is 372 g/mol. The van der Waals surface area contributed by atoms with Gasteiger partial charge in [-0.1, -0.05) is 12.1 Å². The minimum Gasteiger partial charge on any atom is -0.462 e. The van der Waals surface area contributed by atoms with E-state index in [1.54, 1.807) is 49.4 Å². The number of rotatable bonds is 6. The molecule has 0 bridgehead atoms. The molecule has 0 unspecified atom stereocenters. The van der Waals surface area contributed by atoms with Crippen molar-refractivity contribution in [3.05, 3.63) is 65.9 Å². The van der Waals surface area contributed by atoms with E-state index in [1.165, 1.54) is 19.1 Å². The van der Waals surface area contributed by atoms with Gasteiger partial charge in [-0.05, 0) is 43.3 Å². The van der Waals surface area contributed by atoms with Crippen LogP contribution in [0, 0.1) is 11.3 Å². The molecular formula is C21H20N4O4. The van der Waals surface area contributed by atoms with Gasteiger partial charge in [0.2, 0.25) is 5.91 Å². The molecule has 0 atom stereocenters. The first-order valence-corrected chi connectivity index (χ1v) is 8.72. The Morgan fingerprint density at radius 2 is 1.83 bits per heavy atom. The maximum Gasteiger partial charge on any atom is 0.340 e. The van der Waals surface area contributed by atoms with Crippen LogP contribution in [0.25, 0.3) is 0 Å². The standard InChI is InChI=1S/C21H20N4O4/c1-3-29-21(28)18-6-4-5-7-19(18)24-20(27)15(12-22)13-25(14(2)26)17-10-8-16(23)9-11-17/h4-11,13H,3,23H2,1-2H3,(H,24,27)/b15-13-. The van der Waals surface area contributed by atoms with Gasteiger partial charge in [-0.2, -0.15) is 5.26 Å². The summed E-state index contributed by atoms with van der Waals surface area (Å²) in [6.45, 7) is 3.15. The maximum absolute atomic E-state index is 12.6. The fraction of sp³-hybridized carbons (Fsp3) is 0.143. The number of nitrogen functional groups attached to an aromatic ring is 1. The van der Waals surface area contributed by atoms with Crippen molar-refractivity contribution in [3.8, 4) is 6.07 Å². The number of nitrogens with zero attached hydrogens (tertiary/aromatic N) is 2. The Kier molecular flexibility index (Phi) is 7.09. The van der Waals surface area contributed by atoms with Crippen molar-refractivity contribution in [2.45, 2.75) is 13.8 Å². The second kappa shape index (κ2) is 9.71. The molecule has 0 saturated heterocycles. The summed E-state index contributed by atoms with van der Waals surface area (Å²) in [4.78, 5) is 37.8. The van der Waals surface area contributed by atoms with Gasteiger partial charge in [0.15, 0.2) is 0 Å². The van der Waals surface area contributed by atoms with Crippen molar-refractivity contribution >= 4 is 34.8 Å². The Labute approximate surface area is 168 Å². The molecule has 2 aromatic rings. The van der Waals surface area contributed by atoms with E-state index in [0.29, 0.717) is 11.4 Å². The van der Waals surface area contributed by atoms with E-state index in [9.17, 15) is 19.6 Å². The third-order valence-corrected chi connectivity index (χ3v) is 3.80. The number of hydrogen-bond donors (Lipinski definition) is 2. The van der Waals surface area contributed by atoms with Crippen LogP contribution in [0.5, 0.6) is 0 Å². The predicted octanol–water partition coefficient (Wildman–Crippen LogP) is 2.84. The summed E-state index contributed by atoms with van der Waals surface area (Å²) in [7, 11) is 0. The topological polar surface area (TPSA) is 126 Å². The maximum atomic E-state index is 12.6. The molecule has 0 heterocycles. The highest BCUT2D eigenvalue weighted by molar-refractivity contribution is 6.10. The zero-order valence-electron chi connectivity index (χ0n) is 16.0. The summed E-state index contributed by atoms with van der Waals surface area (Å²) in [5, 5.41) is 11.9. The highest BCUT2D eigenvalue weighted by atomic mass is 16.5. The molecule has 2 amide bonds. The first-order valence-electron chi connectivity index (χ1n) is 8.72. The van der Waals surface area contributed by atoms with E-state index < -0.39 is 17.8 Å². The van der Waals surface area contributed by atoms with Gasteiger partial charge >= 0.3 is 5.97 Å². The van der Waals surface area contributed by atoms with Crippen LogP contribution >= 0.6 is 0 Å². The zero-order chi connectivity index (χ0) is 21.4. The lowest BCUT2D eigenvalue weighted by Gasteiger charge is -2.17. The minimum absolute atomic E-state index is 0.155. The summed E-state index contributed by atoms with van der Waals surface area (Å²) < 4.78 is 4.97. The number of carbonyl (C=O) groups excluding carboxylic acids is 3. The molecule has 3 N–H and O–H groups in total. The number of para-hydroxylation sites is 1. The lowest BCUT2D eigenvalue weighted by molar-refractivity contribution is -0.116. The normalized spacial score (nSPS) is 10.6. The van der Waals surface area contributed by atoms with Crippen molar-refractivity contribution in [1.82, 2.24) is 0 Å². The average Bonchev–Trinajstić information content (AvgIpc) is 2.70. The Hall–Kier alpha value is -4.12. The van der Waals surface area contributed by atoms with E-state index in [4.69, 9.17) is 10.5 Å². The monoisotopic (exact) mass is 392 g/mol. The highest BCUT2D eigenvalue weighted by Crippen LogP contribution is 2.20. The van der Waals surface area contributed by atoms with Gasteiger partial charge in [0.05, 0.1) is 17.9 Å². The Morgan fingerprint density at radius 1 is 1.17 bits per heavy atom. The third-order valence-electron chi connectivity index (χ3n) is 3.80. The molecule has 0 fully saturated rings. The van der Waals surface area contributed by atoms with Crippen molar-refractivity contribution < 1.29 is 19.1 Å². The molecule has 2 aromatic carbocycles. The van der Waals surface area contributed by atoms with Gasteiger partial charge in [0.25, 0.3) is 5.91 Å². The van der Waals surface area contributed by atoms with E-state index >= 15 is 0 Å². The van der Waals surface area contributed by atoms with Gasteiger partial charge in [-0.3, -0.25) is 14.5 Å². The van der Waals surface area contributed by atoms with Crippen molar-refractivity contribution in [2.24, 2.45) is 0 Å². The molecule has 0 aromatic heterocycles. The molecule has 0 aliphatic rings. The highest BCUT2D eigenvalue weighted by Gasteiger charge is 2.18. The fourth-order valence-electron chi connectivity index (χ4n) is 2.42. The van der Waals surface area contributed by atoms with Gasteiger partial charge < -0.3 is 15.8 Å². The summed E-state index contributed by atoms with van der Waals surface area (Å²) in [5.41, 5.74) is 6.63. The zero-order valence-corrected chi connectivity index (χ0v) is 16.0. The van der Waals surface area contributed by atoms with E-state index in [-0.39, 0.29) is 23.4 Å². The number of nitrogens with two attached hydrogens (primary N) is 1. The Bertz CT molecular complexity index is 990. The fourth-order valence-corrected chi connectivity index (χ4v) is 2.42. The number of anilines is 3. The van der Waals surface area contributed by atoms with Gasteiger partial charge in [-0.25, -0.2) is 4.79 Å². The van der Waals surface area contributed by atoms with Gasteiger partial charge in [0, 0.05) is 24.5 Å². The first kappa shape index (κ1) is 21.2. The Balaban J connectivity index is 2.33. The predicted molar refractivity (Wildman–Crippen MR) is 109 cm³/mol. The van der Waals surface area contributed by atoms with Gasteiger partial charge in [0.1, 0.15) is 11.6 Å². The van der Waals surface area contributed by atoms with Crippen LogP contribution in [0.4, 0.5) is 17.1 Å². The number of esters is 1. The van der Waals surface area contributed by atoms with Crippen LogP contribution < -0.4 is 16.0 Å².